The quantitative estimate of drug-likeness (QED) is 0.762. The number of nitrogens with one attached hydrogen (secondary N) is 1. The van der Waals surface area contributed by atoms with Crippen LogP contribution in [0.5, 0.6) is 0 Å². The number of aryl methyl sites for hydroxylation is 3. The largest absolute Gasteiger partial charge is 0.351 e. The van der Waals surface area contributed by atoms with Crippen molar-refractivity contribution in [2.75, 3.05) is 6.54 Å². The van der Waals surface area contributed by atoms with Crippen molar-refractivity contribution in [1.82, 2.24) is 20.1 Å². The van der Waals surface area contributed by atoms with Gasteiger partial charge in [0.25, 0.3) is 5.91 Å². The predicted molar refractivity (Wildman–Crippen MR) is 104 cm³/mol. The van der Waals surface area contributed by atoms with E-state index in [1.807, 2.05) is 45.2 Å². The van der Waals surface area contributed by atoms with Gasteiger partial charge < -0.3 is 5.32 Å². The molecule has 0 aliphatic carbocycles. The Morgan fingerprint density at radius 1 is 1.15 bits per heavy atom. The zero-order valence-electron chi connectivity index (χ0n) is 16.1. The van der Waals surface area contributed by atoms with Crippen molar-refractivity contribution in [3.8, 4) is 0 Å². The number of fused-ring (bicyclic) bond motifs is 1. The van der Waals surface area contributed by atoms with E-state index in [1.54, 1.807) is 4.68 Å². The van der Waals surface area contributed by atoms with Crippen LogP contribution in [0.3, 0.4) is 0 Å². The smallest absolute Gasteiger partial charge is 0.253 e. The maximum atomic E-state index is 12.8. The van der Waals surface area contributed by atoms with E-state index in [9.17, 15) is 4.79 Å². The van der Waals surface area contributed by atoms with Gasteiger partial charge in [-0.3, -0.25) is 9.48 Å². The van der Waals surface area contributed by atoms with Gasteiger partial charge in [0.15, 0.2) is 5.65 Å². The Labute approximate surface area is 154 Å². The summed E-state index contributed by atoms with van der Waals surface area (Å²) in [6.07, 6.45) is 0. The molecule has 5 nitrogen and oxygen atoms in total. The Balaban J connectivity index is 1.82. The van der Waals surface area contributed by atoms with Crippen molar-refractivity contribution in [2.24, 2.45) is 13.0 Å². The van der Waals surface area contributed by atoms with E-state index in [4.69, 9.17) is 0 Å². The van der Waals surface area contributed by atoms with Crippen molar-refractivity contribution in [2.45, 2.75) is 33.6 Å². The van der Waals surface area contributed by atoms with Gasteiger partial charge in [0, 0.05) is 24.9 Å². The second-order valence-electron chi connectivity index (χ2n) is 7.17. The van der Waals surface area contributed by atoms with Gasteiger partial charge in [-0.15, -0.1) is 0 Å². The Kier molecular flexibility index (Phi) is 5.07. The Hall–Kier alpha value is -2.69. The number of nitrogens with zero attached hydrogens (tertiary/aromatic N) is 3. The van der Waals surface area contributed by atoms with E-state index in [1.165, 1.54) is 5.56 Å². The summed E-state index contributed by atoms with van der Waals surface area (Å²) in [5.74, 6) is 0.624. The minimum Gasteiger partial charge on any atom is -0.351 e. The highest BCUT2D eigenvalue weighted by atomic mass is 16.1. The van der Waals surface area contributed by atoms with Crippen LogP contribution >= 0.6 is 0 Å². The van der Waals surface area contributed by atoms with Crippen molar-refractivity contribution in [3.05, 3.63) is 58.9 Å². The highest BCUT2D eigenvalue weighted by Gasteiger charge is 2.19. The van der Waals surface area contributed by atoms with Crippen LogP contribution in [0.25, 0.3) is 11.0 Å². The summed E-state index contributed by atoms with van der Waals surface area (Å²) < 4.78 is 1.75. The van der Waals surface area contributed by atoms with Gasteiger partial charge in [0.05, 0.1) is 17.0 Å². The van der Waals surface area contributed by atoms with Gasteiger partial charge in [-0.1, -0.05) is 44.2 Å². The van der Waals surface area contributed by atoms with Crippen LogP contribution in [0.2, 0.25) is 0 Å². The molecular formula is C21H26N4O. The number of pyridine rings is 1. The molecule has 2 heterocycles. The van der Waals surface area contributed by atoms with Crippen LogP contribution in [-0.2, 0) is 7.05 Å². The van der Waals surface area contributed by atoms with Crippen LogP contribution in [0.15, 0.2) is 36.4 Å². The van der Waals surface area contributed by atoms with Crippen LogP contribution < -0.4 is 5.32 Å². The minimum atomic E-state index is -0.0817. The van der Waals surface area contributed by atoms with Crippen molar-refractivity contribution in [1.29, 1.82) is 0 Å². The molecule has 1 N–H and O–H groups in total. The molecular weight excluding hydrogens is 324 g/mol. The number of amides is 1. The minimum absolute atomic E-state index is 0.0817. The highest BCUT2D eigenvalue weighted by molar-refractivity contribution is 5.98. The lowest BCUT2D eigenvalue weighted by Crippen LogP contribution is -2.31. The van der Waals surface area contributed by atoms with Crippen molar-refractivity contribution >= 4 is 16.9 Å². The van der Waals surface area contributed by atoms with Crippen LogP contribution in [0.1, 0.15) is 47.1 Å². The van der Waals surface area contributed by atoms with Gasteiger partial charge in [-0.2, -0.15) is 5.10 Å². The summed E-state index contributed by atoms with van der Waals surface area (Å²) in [4.78, 5) is 17.4. The molecule has 0 radical (unpaired) electrons. The fourth-order valence-corrected chi connectivity index (χ4v) is 3.40. The first kappa shape index (κ1) is 18.1. The maximum absolute atomic E-state index is 12.8. The van der Waals surface area contributed by atoms with Crippen LogP contribution in [-0.4, -0.2) is 27.2 Å². The van der Waals surface area contributed by atoms with E-state index in [0.29, 0.717) is 18.0 Å². The molecule has 3 rings (SSSR count). The van der Waals surface area contributed by atoms with Gasteiger partial charge in [0.1, 0.15) is 0 Å². The summed E-state index contributed by atoms with van der Waals surface area (Å²) in [6, 6.07) is 12.2. The molecule has 3 aromatic rings. The van der Waals surface area contributed by atoms with Gasteiger partial charge in [0.2, 0.25) is 0 Å². The number of benzene rings is 1. The molecule has 1 aromatic carbocycles. The summed E-state index contributed by atoms with van der Waals surface area (Å²) in [5.41, 5.74) is 4.27. The van der Waals surface area contributed by atoms with Gasteiger partial charge in [-0.05, 0) is 31.4 Å². The van der Waals surface area contributed by atoms with E-state index < -0.39 is 0 Å². The third-order valence-corrected chi connectivity index (χ3v) is 4.95. The fourth-order valence-electron chi connectivity index (χ4n) is 3.40. The first-order chi connectivity index (χ1) is 12.4. The third kappa shape index (κ3) is 3.47. The number of carbonyl (C=O) groups excluding carboxylic acids is 1. The molecule has 0 aliphatic heterocycles. The second-order valence-corrected chi connectivity index (χ2v) is 7.17. The van der Waals surface area contributed by atoms with E-state index in [2.05, 4.69) is 41.4 Å². The zero-order chi connectivity index (χ0) is 18.8. The van der Waals surface area contributed by atoms with Gasteiger partial charge >= 0.3 is 0 Å². The molecule has 1 atom stereocenters. The fraction of sp³-hybridized carbons (Fsp3) is 0.381. The average Bonchev–Trinajstić information content (AvgIpc) is 2.88. The van der Waals surface area contributed by atoms with Crippen LogP contribution in [0, 0.1) is 19.8 Å². The summed E-state index contributed by atoms with van der Waals surface area (Å²) in [5, 5.41) is 8.42. The Morgan fingerprint density at radius 3 is 2.50 bits per heavy atom. The summed E-state index contributed by atoms with van der Waals surface area (Å²) >= 11 is 0. The van der Waals surface area contributed by atoms with E-state index >= 15 is 0 Å². The van der Waals surface area contributed by atoms with Crippen LogP contribution in [0.4, 0.5) is 0 Å². The zero-order valence-corrected chi connectivity index (χ0v) is 16.1. The lowest BCUT2D eigenvalue weighted by Gasteiger charge is -2.22. The molecule has 136 valence electrons. The Bertz CT molecular complexity index is 928. The van der Waals surface area contributed by atoms with Gasteiger partial charge in [-0.25, -0.2) is 4.98 Å². The number of carbonyl (C=O) groups is 1. The molecule has 0 saturated carbocycles. The maximum Gasteiger partial charge on any atom is 0.253 e. The molecule has 0 saturated heterocycles. The number of rotatable bonds is 5. The molecule has 26 heavy (non-hydrogen) atoms. The highest BCUT2D eigenvalue weighted by Crippen LogP contribution is 2.24. The second kappa shape index (κ2) is 7.28. The van der Waals surface area contributed by atoms with Crippen molar-refractivity contribution < 1.29 is 4.79 Å². The first-order valence-electron chi connectivity index (χ1n) is 9.02. The molecule has 2 aromatic heterocycles. The lowest BCUT2D eigenvalue weighted by atomic mass is 9.88. The Morgan fingerprint density at radius 2 is 1.85 bits per heavy atom. The van der Waals surface area contributed by atoms with E-state index in [-0.39, 0.29) is 11.8 Å². The standard InChI is InChI=1S/C21H26N4O/c1-13(2)19(16-9-7-6-8-10-16)12-22-21(26)18-11-17-15(4)24-25(5)20(17)23-14(18)3/h6-11,13,19H,12H2,1-5H3,(H,22,26). The number of hydrogen-bond acceptors (Lipinski definition) is 3. The van der Waals surface area contributed by atoms with E-state index in [0.717, 1.165) is 22.4 Å². The molecule has 1 amide bonds. The summed E-state index contributed by atoms with van der Waals surface area (Å²) in [7, 11) is 1.87. The topological polar surface area (TPSA) is 59.8 Å². The molecule has 0 bridgehead atoms. The molecule has 5 heteroatoms. The monoisotopic (exact) mass is 350 g/mol. The lowest BCUT2D eigenvalue weighted by molar-refractivity contribution is 0.0948. The van der Waals surface area contributed by atoms with Crippen molar-refractivity contribution in [3.63, 3.8) is 0 Å². The molecule has 0 fully saturated rings. The molecule has 0 aliphatic rings. The first-order valence-corrected chi connectivity index (χ1v) is 9.02. The summed E-state index contributed by atoms with van der Waals surface area (Å²) in [6.45, 7) is 8.77. The third-order valence-electron chi connectivity index (χ3n) is 4.95. The number of aromatic nitrogens is 3. The molecule has 1 unspecified atom stereocenters. The average molecular weight is 350 g/mol. The SMILES string of the molecule is Cc1nc2c(cc1C(=O)NCC(c1ccccc1)C(C)C)c(C)nn2C. The molecule has 0 spiro atoms. The number of hydrogen-bond donors (Lipinski definition) is 1. The predicted octanol–water partition coefficient (Wildman–Crippen LogP) is 3.75. The normalized spacial score (nSPS) is 12.5.